The average Bonchev–Trinajstić information content (AvgIpc) is 2.45. The molecule has 0 aliphatic heterocycles. The van der Waals surface area contributed by atoms with Gasteiger partial charge in [0, 0.05) is 18.2 Å². The first-order valence-electron chi connectivity index (χ1n) is 6.61. The number of ether oxygens (including phenoxy) is 1. The molecule has 0 amide bonds. The fourth-order valence-corrected chi connectivity index (χ4v) is 2.64. The lowest BCUT2D eigenvalue weighted by Crippen LogP contribution is -2.14. The number of halogens is 1. The normalized spacial score (nSPS) is 12.1. The molecule has 120 valence electrons. The van der Waals surface area contributed by atoms with Crippen molar-refractivity contribution in [3.8, 4) is 0 Å². The smallest absolute Gasteiger partial charge is 0.201 e. The third-order valence-electron chi connectivity index (χ3n) is 2.85. The van der Waals surface area contributed by atoms with Gasteiger partial charge in [0.25, 0.3) is 0 Å². The Balaban J connectivity index is 3.29. The molecule has 0 spiro atoms. The maximum absolute atomic E-state index is 12.4. The molecule has 0 N–H and O–H groups in total. The average molecular weight is 345 g/mol. The Bertz CT molecular complexity index is 719. The fraction of sp³-hybridized carbons (Fsp3) is 0.333. The molecular weight excluding hydrogens is 328 g/mol. The van der Waals surface area contributed by atoms with Gasteiger partial charge in [0.05, 0.1) is 22.8 Å². The molecule has 1 aromatic carbocycles. The zero-order valence-electron chi connectivity index (χ0n) is 12.6. The minimum absolute atomic E-state index is 0.00575. The second kappa shape index (κ2) is 7.56. The van der Waals surface area contributed by atoms with Gasteiger partial charge in [0.1, 0.15) is 5.57 Å². The number of benzene rings is 1. The van der Waals surface area contributed by atoms with E-state index in [9.17, 15) is 18.0 Å². The predicted molar refractivity (Wildman–Crippen MR) is 83.9 cm³/mol. The van der Waals surface area contributed by atoms with Crippen LogP contribution in [0, 0.1) is 0 Å². The summed E-state index contributed by atoms with van der Waals surface area (Å²) in [6.45, 7) is 3.67. The van der Waals surface area contributed by atoms with Crippen LogP contribution in [0.2, 0.25) is 5.02 Å². The first-order valence-corrected chi connectivity index (χ1v) is 8.88. The van der Waals surface area contributed by atoms with Crippen LogP contribution in [0.25, 0.3) is 0 Å². The van der Waals surface area contributed by atoms with Crippen molar-refractivity contribution in [2.75, 3.05) is 12.9 Å². The molecule has 0 saturated carbocycles. The first-order chi connectivity index (χ1) is 10.2. The Morgan fingerprint density at radius 1 is 1.27 bits per heavy atom. The van der Waals surface area contributed by atoms with Gasteiger partial charge in [-0.2, -0.15) is 0 Å². The molecule has 7 heteroatoms. The van der Waals surface area contributed by atoms with Crippen molar-refractivity contribution in [1.29, 1.82) is 0 Å². The van der Waals surface area contributed by atoms with Crippen molar-refractivity contribution in [3.05, 3.63) is 40.6 Å². The first kappa shape index (κ1) is 18.4. The lowest BCUT2D eigenvalue weighted by Gasteiger charge is -2.08. The monoisotopic (exact) mass is 344 g/mol. The molecule has 0 fully saturated rings. The zero-order valence-corrected chi connectivity index (χ0v) is 14.1. The molecule has 0 aromatic heterocycles. The Morgan fingerprint density at radius 2 is 1.91 bits per heavy atom. The Hall–Kier alpha value is -1.66. The summed E-state index contributed by atoms with van der Waals surface area (Å²) in [6.07, 6.45) is 2.31. The largest absolute Gasteiger partial charge is 0.501 e. The molecule has 0 atom stereocenters. The summed E-state index contributed by atoms with van der Waals surface area (Å²) in [6, 6.07) is 3.77. The standard InChI is InChI=1S/C15H17ClO5S/c1-4-14(17)12(9-21-5-2)15(18)11-7-6-10(8-13(11)16)22(3,19)20/h6-9H,4-5H2,1-3H3. The second-order valence-corrected chi connectivity index (χ2v) is 6.93. The van der Waals surface area contributed by atoms with E-state index in [1.165, 1.54) is 18.2 Å². The Kier molecular flexibility index (Phi) is 6.32. The van der Waals surface area contributed by atoms with E-state index in [1.807, 2.05) is 0 Å². The minimum Gasteiger partial charge on any atom is -0.501 e. The Labute approximate surface area is 134 Å². The molecular formula is C15H17ClO5S. The number of sulfone groups is 1. The van der Waals surface area contributed by atoms with Crippen molar-refractivity contribution in [2.24, 2.45) is 0 Å². The van der Waals surface area contributed by atoms with E-state index in [0.717, 1.165) is 12.5 Å². The maximum Gasteiger partial charge on any atom is 0.201 e. The number of carbonyl (C=O) groups is 2. The topological polar surface area (TPSA) is 77.5 Å². The highest BCUT2D eigenvalue weighted by atomic mass is 35.5. The number of Topliss-reactive ketones (excluding diaryl/α,β-unsaturated/α-hetero) is 2. The summed E-state index contributed by atoms with van der Waals surface area (Å²) in [5.74, 6) is -0.966. The van der Waals surface area contributed by atoms with Crippen LogP contribution in [0.3, 0.4) is 0 Å². The van der Waals surface area contributed by atoms with Crippen molar-refractivity contribution in [1.82, 2.24) is 0 Å². The molecule has 5 nitrogen and oxygen atoms in total. The van der Waals surface area contributed by atoms with Gasteiger partial charge in [0.15, 0.2) is 15.6 Å². The highest BCUT2D eigenvalue weighted by molar-refractivity contribution is 7.90. The number of hydrogen-bond donors (Lipinski definition) is 0. The lowest BCUT2D eigenvalue weighted by molar-refractivity contribution is -0.115. The molecule has 0 saturated heterocycles. The van der Waals surface area contributed by atoms with Crippen molar-refractivity contribution in [2.45, 2.75) is 25.2 Å². The van der Waals surface area contributed by atoms with Gasteiger partial charge < -0.3 is 4.74 Å². The summed E-state index contributed by atoms with van der Waals surface area (Å²) in [5, 5.41) is -0.0285. The number of rotatable bonds is 7. The minimum atomic E-state index is -3.43. The van der Waals surface area contributed by atoms with E-state index in [1.54, 1.807) is 13.8 Å². The molecule has 0 radical (unpaired) electrons. The molecule has 22 heavy (non-hydrogen) atoms. The molecule has 0 heterocycles. The van der Waals surface area contributed by atoms with E-state index in [-0.39, 0.29) is 33.3 Å². The fourth-order valence-electron chi connectivity index (χ4n) is 1.66. The van der Waals surface area contributed by atoms with Crippen LogP contribution in [0.5, 0.6) is 0 Å². The van der Waals surface area contributed by atoms with Gasteiger partial charge in [-0.25, -0.2) is 8.42 Å². The zero-order chi connectivity index (χ0) is 16.9. The van der Waals surface area contributed by atoms with Crippen LogP contribution in [0.1, 0.15) is 30.6 Å². The van der Waals surface area contributed by atoms with Crippen LogP contribution >= 0.6 is 11.6 Å². The maximum atomic E-state index is 12.4. The molecule has 1 rings (SSSR count). The summed E-state index contributed by atoms with van der Waals surface area (Å²) >= 11 is 5.99. The van der Waals surface area contributed by atoms with E-state index in [4.69, 9.17) is 16.3 Å². The van der Waals surface area contributed by atoms with Crippen LogP contribution in [0.4, 0.5) is 0 Å². The summed E-state index contributed by atoms with van der Waals surface area (Å²) in [5.41, 5.74) is -0.0554. The SMILES string of the molecule is CCOC=C(C(=O)CC)C(=O)c1ccc(S(C)(=O)=O)cc1Cl. The van der Waals surface area contributed by atoms with Crippen molar-refractivity contribution >= 4 is 33.0 Å². The highest BCUT2D eigenvalue weighted by Crippen LogP contribution is 2.24. The number of ketones is 2. The third-order valence-corrected chi connectivity index (χ3v) is 4.27. The van der Waals surface area contributed by atoms with Crippen LogP contribution in [-0.4, -0.2) is 32.8 Å². The molecule has 0 aliphatic carbocycles. The van der Waals surface area contributed by atoms with Crippen molar-refractivity contribution < 1.29 is 22.7 Å². The van der Waals surface area contributed by atoms with Crippen molar-refractivity contribution in [3.63, 3.8) is 0 Å². The molecule has 0 bridgehead atoms. The van der Waals surface area contributed by atoms with Gasteiger partial charge in [-0.3, -0.25) is 9.59 Å². The van der Waals surface area contributed by atoms with Gasteiger partial charge in [-0.15, -0.1) is 0 Å². The van der Waals surface area contributed by atoms with Crippen LogP contribution in [0.15, 0.2) is 34.9 Å². The van der Waals surface area contributed by atoms with Gasteiger partial charge in [0.2, 0.25) is 5.78 Å². The molecule has 1 aromatic rings. The number of hydrogen-bond acceptors (Lipinski definition) is 5. The van der Waals surface area contributed by atoms with E-state index in [2.05, 4.69) is 0 Å². The van der Waals surface area contributed by atoms with Gasteiger partial charge >= 0.3 is 0 Å². The van der Waals surface area contributed by atoms with E-state index < -0.39 is 15.6 Å². The van der Waals surface area contributed by atoms with Crippen LogP contribution in [-0.2, 0) is 19.4 Å². The second-order valence-electron chi connectivity index (χ2n) is 4.51. The van der Waals surface area contributed by atoms with E-state index in [0.29, 0.717) is 6.61 Å². The summed E-state index contributed by atoms with van der Waals surface area (Å²) in [7, 11) is -3.43. The Morgan fingerprint density at radius 3 is 2.36 bits per heavy atom. The van der Waals surface area contributed by atoms with E-state index >= 15 is 0 Å². The van der Waals surface area contributed by atoms with Gasteiger partial charge in [-0.05, 0) is 25.1 Å². The lowest BCUT2D eigenvalue weighted by atomic mass is 10.00. The molecule has 0 aliphatic rings. The number of allylic oxidation sites excluding steroid dienone is 1. The third kappa shape index (κ3) is 4.42. The predicted octanol–water partition coefficient (Wildman–Crippen LogP) is 2.83. The highest BCUT2D eigenvalue weighted by Gasteiger charge is 2.22. The van der Waals surface area contributed by atoms with Gasteiger partial charge in [-0.1, -0.05) is 18.5 Å². The molecule has 0 unspecified atom stereocenters. The summed E-state index contributed by atoms with van der Waals surface area (Å²) < 4.78 is 28.0. The quantitative estimate of drug-likeness (QED) is 0.250. The van der Waals surface area contributed by atoms with Crippen LogP contribution < -0.4 is 0 Å². The summed E-state index contributed by atoms with van der Waals surface area (Å²) in [4.78, 5) is 24.3. The number of carbonyl (C=O) groups excluding carboxylic acids is 2.